The summed E-state index contributed by atoms with van der Waals surface area (Å²) in [6, 6.07) is 4.89. The number of aliphatic hydroxyl groups excluding tert-OH is 1. The molecule has 0 amide bonds. The van der Waals surface area contributed by atoms with Crippen molar-refractivity contribution in [1.29, 1.82) is 0 Å². The van der Waals surface area contributed by atoms with Gasteiger partial charge in [-0.2, -0.15) is 8.78 Å². The molecule has 1 fully saturated rings. The summed E-state index contributed by atoms with van der Waals surface area (Å²) in [6.07, 6.45) is 1.97. The molecule has 2 nitrogen and oxygen atoms in total. The van der Waals surface area contributed by atoms with Gasteiger partial charge in [-0.05, 0) is 30.4 Å². The van der Waals surface area contributed by atoms with Crippen molar-refractivity contribution in [3.8, 4) is 5.75 Å². The molecule has 0 unspecified atom stereocenters. The quantitative estimate of drug-likeness (QED) is 0.834. The molecule has 1 saturated carbocycles. The zero-order chi connectivity index (χ0) is 10.8. The molecule has 0 aliphatic heterocycles. The Labute approximate surface area is 86.5 Å². The third-order valence-electron chi connectivity index (χ3n) is 2.53. The fraction of sp³-hybridized carbons (Fsp3) is 0.455. The average molecular weight is 214 g/mol. The summed E-state index contributed by atoms with van der Waals surface area (Å²) in [5.41, 5.74) is 1.44. The van der Waals surface area contributed by atoms with Crippen LogP contribution < -0.4 is 4.74 Å². The Hall–Kier alpha value is -1.16. The van der Waals surface area contributed by atoms with Crippen LogP contribution in [0.4, 0.5) is 8.78 Å². The van der Waals surface area contributed by atoms with Crippen LogP contribution in [0.2, 0.25) is 0 Å². The molecule has 0 aromatic heterocycles. The largest absolute Gasteiger partial charge is 0.435 e. The highest BCUT2D eigenvalue weighted by molar-refractivity contribution is 5.44. The third kappa shape index (κ3) is 2.26. The van der Waals surface area contributed by atoms with Crippen molar-refractivity contribution < 1.29 is 18.6 Å². The highest BCUT2D eigenvalue weighted by Crippen LogP contribution is 2.46. The molecule has 15 heavy (non-hydrogen) atoms. The first kappa shape index (κ1) is 10.4. The number of halogens is 2. The van der Waals surface area contributed by atoms with Gasteiger partial charge in [0.25, 0.3) is 0 Å². The van der Waals surface area contributed by atoms with Crippen LogP contribution in [0.5, 0.6) is 5.75 Å². The third-order valence-corrected chi connectivity index (χ3v) is 2.53. The molecule has 1 aromatic carbocycles. The van der Waals surface area contributed by atoms with Gasteiger partial charge in [-0.25, -0.2) is 0 Å². The molecule has 0 saturated heterocycles. The zero-order valence-corrected chi connectivity index (χ0v) is 8.12. The molecule has 0 atom stereocenters. The van der Waals surface area contributed by atoms with Gasteiger partial charge in [0, 0.05) is 5.56 Å². The molecule has 4 heteroatoms. The predicted octanol–water partition coefficient (Wildman–Crippen LogP) is 2.66. The molecule has 0 heterocycles. The second-order valence-corrected chi connectivity index (χ2v) is 3.64. The Morgan fingerprint density at radius 1 is 1.40 bits per heavy atom. The van der Waals surface area contributed by atoms with Gasteiger partial charge < -0.3 is 9.84 Å². The number of hydrogen-bond acceptors (Lipinski definition) is 2. The van der Waals surface area contributed by atoms with Crippen molar-refractivity contribution in [2.75, 3.05) is 0 Å². The molecule has 1 aromatic rings. The van der Waals surface area contributed by atoms with E-state index in [0.717, 1.165) is 18.4 Å². The van der Waals surface area contributed by atoms with Crippen LogP contribution in [0, 0.1) is 0 Å². The Morgan fingerprint density at radius 2 is 2.13 bits per heavy atom. The highest BCUT2D eigenvalue weighted by Gasteiger charge is 2.29. The summed E-state index contributed by atoms with van der Waals surface area (Å²) in [5.74, 6) is 0.487. The van der Waals surface area contributed by atoms with Crippen LogP contribution >= 0.6 is 0 Å². The fourth-order valence-corrected chi connectivity index (χ4v) is 1.76. The van der Waals surface area contributed by atoms with Gasteiger partial charge in [-0.1, -0.05) is 12.1 Å². The SMILES string of the molecule is OCc1cccc(OC(F)F)c1C1CC1. The van der Waals surface area contributed by atoms with Gasteiger partial charge >= 0.3 is 6.61 Å². The number of aliphatic hydroxyl groups is 1. The summed E-state index contributed by atoms with van der Waals surface area (Å²) in [7, 11) is 0. The van der Waals surface area contributed by atoms with E-state index < -0.39 is 6.61 Å². The van der Waals surface area contributed by atoms with Gasteiger partial charge in [-0.3, -0.25) is 0 Å². The monoisotopic (exact) mass is 214 g/mol. The molecular weight excluding hydrogens is 202 g/mol. The van der Waals surface area contributed by atoms with E-state index in [-0.39, 0.29) is 18.3 Å². The smallest absolute Gasteiger partial charge is 0.387 e. The van der Waals surface area contributed by atoms with Crippen molar-refractivity contribution in [3.05, 3.63) is 29.3 Å². The summed E-state index contributed by atoms with van der Waals surface area (Å²) in [6.45, 7) is -2.94. The second kappa shape index (κ2) is 4.14. The lowest BCUT2D eigenvalue weighted by atomic mass is 10.0. The van der Waals surface area contributed by atoms with Crippen LogP contribution in [0.15, 0.2) is 18.2 Å². The maximum atomic E-state index is 12.1. The molecule has 0 spiro atoms. The predicted molar refractivity (Wildman–Crippen MR) is 51.0 cm³/mol. The molecule has 1 aliphatic rings. The molecular formula is C11H12F2O2. The minimum absolute atomic E-state index is 0.133. The number of benzene rings is 1. The summed E-state index contributed by atoms with van der Waals surface area (Å²) in [4.78, 5) is 0. The van der Waals surface area contributed by atoms with Crippen LogP contribution in [-0.2, 0) is 6.61 Å². The van der Waals surface area contributed by atoms with E-state index in [1.165, 1.54) is 6.07 Å². The van der Waals surface area contributed by atoms with Crippen LogP contribution in [0.25, 0.3) is 0 Å². The van der Waals surface area contributed by atoms with Crippen molar-refractivity contribution in [1.82, 2.24) is 0 Å². The Kier molecular flexibility index (Phi) is 2.86. The Bertz CT molecular complexity index is 348. The lowest BCUT2D eigenvalue weighted by Crippen LogP contribution is -2.05. The first-order chi connectivity index (χ1) is 7.22. The Morgan fingerprint density at radius 3 is 2.67 bits per heavy atom. The highest BCUT2D eigenvalue weighted by atomic mass is 19.3. The number of alkyl halides is 2. The topological polar surface area (TPSA) is 29.5 Å². The van der Waals surface area contributed by atoms with Gasteiger partial charge in [0.1, 0.15) is 5.75 Å². The van der Waals surface area contributed by atoms with E-state index in [1.807, 2.05) is 0 Å². The summed E-state index contributed by atoms with van der Waals surface area (Å²) in [5, 5.41) is 9.11. The van der Waals surface area contributed by atoms with E-state index in [1.54, 1.807) is 12.1 Å². The van der Waals surface area contributed by atoms with Crippen LogP contribution in [0.1, 0.15) is 29.9 Å². The standard InChI is InChI=1S/C11H12F2O2/c12-11(13)15-9-3-1-2-8(6-14)10(9)7-4-5-7/h1-3,7,11,14H,4-6H2. The van der Waals surface area contributed by atoms with Gasteiger partial charge in [-0.15, -0.1) is 0 Å². The zero-order valence-electron chi connectivity index (χ0n) is 8.12. The summed E-state index contributed by atoms with van der Waals surface area (Å²) >= 11 is 0. The van der Waals surface area contributed by atoms with Crippen LogP contribution in [0.3, 0.4) is 0 Å². The Balaban J connectivity index is 2.34. The van der Waals surface area contributed by atoms with E-state index in [2.05, 4.69) is 4.74 Å². The van der Waals surface area contributed by atoms with Crippen molar-refractivity contribution >= 4 is 0 Å². The van der Waals surface area contributed by atoms with E-state index >= 15 is 0 Å². The van der Waals surface area contributed by atoms with Gasteiger partial charge in [0.05, 0.1) is 6.61 Å². The van der Waals surface area contributed by atoms with Crippen molar-refractivity contribution in [3.63, 3.8) is 0 Å². The van der Waals surface area contributed by atoms with Crippen molar-refractivity contribution in [2.45, 2.75) is 32.0 Å². The molecule has 1 aliphatic carbocycles. The molecule has 0 radical (unpaired) electrons. The van der Waals surface area contributed by atoms with Gasteiger partial charge in [0.15, 0.2) is 0 Å². The first-order valence-electron chi connectivity index (χ1n) is 4.90. The number of ether oxygens (including phenoxy) is 1. The van der Waals surface area contributed by atoms with Crippen LogP contribution in [-0.4, -0.2) is 11.7 Å². The molecule has 0 bridgehead atoms. The van der Waals surface area contributed by atoms with E-state index in [9.17, 15) is 8.78 Å². The molecule has 1 N–H and O–H groups in total. The average Bonchev–Trinajstić information content (AvgIpc) is 3.00. The lowest BCUT2D eigenvalue weighted by Gasteiger charge is -2.13. The van der Waals surface area contributed by atoms with Gasteiger partial charge in [0.2, 0.25) is 0 Å². The van der Waals surface area contributed by atoms with E-state index in [0.29, 0.717) is 5.56 Å². The minimum atomic E-state index is -2.81. The van der Waals surface area contributed by atoms with Crippen molar-refractivity contribution in [2.24, 2.45) is 0 Å². The maximum absolute atomic E-state index is 12.1. The normalized spacial score (nSPS) is 15.7. The minimum Gasteiger partial charge on any atom is -0.435 e. The fourth-order valence-electron chi connectivity index (χ4n) is 1.76. The number of rotatable bonds is 4. The molecule has 82 valence electrons. The first-order valence-corrected chi connectivity index (χ1v) is 4.90. The second-order valence-electron chi connectivity index (χ2n) is 3.64. The molecule has 2 rings (SSSR count). The summed E-state index contributed by atoms with van der Waals surface area (Å²) < 4.78 is 28.7. The number of hydrogen-bond donors (Lipinski definition) is 1. The van der Waals surface area contributed by atoms with E-state index in [4.69, 9.17) is 5.11 Å². The lowest BCUT2D eigenvalue weighted by molar-refractivity contribution is -0.0505. The maximum Gasteiger partial charge on any atom is 0.387 e.